The Morgan fingerprint density at radius 2 is 2.25 bits per heavy atom. The Hall–Kier alpha value is -0.340. The van der Waals surface area contributed by atoms with Gasteiger partial charge in [0.2, 0.25) is 0 Å². The molecule has 1 heterocycles. The van der Waals surface area contributed by atoms with Crippen molar-refractivity contribution < 1.29 is 5.11 Å². The summed E-state index contributed by atoms with van der Waals surface area (Å²) in [5.41, 5.74) is 2.44. The van der Waals surface area contributed by atoms with Gasteiger partial charge in [-0.05, 0) is 72.2 Å². The molecule has 3 rings (SSSR count). The van der Waals surface area contributed by atoms with E-state index in [1.165, 1.54) is 36.8 Å². The second-order valence-corrected chi connectivity index (χ2v) is 6.44. The van der Waals surface area contributed by atoms with Gasteiger partial charge < -0.3 is 5.11 Å². The second kappa shape index (κ2) is 4.15. The normalized spacial score (nSPS) is 34.5. The summed E-state index contributed by atoms with van der Waals surface area (Å²) in [6.45, 7) is 2.11. The van der Waals surface area contributed by atoms with E-state index < -0.39 is 0 Å². The molecule has 16 heavy (non-hydrogen) atoms. The van der Waals surface area contributed by atoms with Crippen LogP contribution in [0.3, 0.4) is 0 Å². The van der Waals surface area contributed by atoms with E-state index in [1.54, 1.807) is 11.3 Å². The van der Waals surface area contributed by atoms with Crippen LogP contribution in [0, 0.1) is 24.7 Å². The van der Waals surface area contributed by atoms with Gasteiger partial charge in [0, 0.05) is 0 Å². The zero-order chi connectivity index (χ0) is 11.1. The van der Waals surface area contributed by atoms with Gasteiger partial charge in [-0.2, -0.15) is 11.3 Å². The first-order valence-corrected chi connectivity index (χ1v) is 7.39. The summed E-state index contributed by atoms with van der Waals surface area (Å²) in [4.78, 5) is 0. The number of aliphatic hydroxyl groups is 1. The number of rotatable bonds is 3. The van der Waals surface area contributed by atoms with Gasteiger partial charge >= 0.3 is 0 Å². The van der Waals surface area contributed by atoms with Crippen LogP contribution in [-0.2, 0) is 0 Å². The Bertz CT molecular complexity index is 371. The quantitative estimate of drug-likeness (QED) is 0.843. The molecule has 2 heteroatoms. The molecule has 0 amide bonds. The fourth-order valence-corrected chi connectivity index (χ4v) is 4.69. The van der Waals surface area contributed by atoms with Crippen LogP contribution in [0.1, 0.15) is 49.3 Å². The van der Waals surface area contributed by atoms with E-state index in [0.29, 0.717) is 0 Å². The van der Waals surface area contributed by atoms with Crippen LogP contribution in [0.5, 0.6) is 0 Å². The lowest BCUT2D eigenvalue weighted by molar-refractivity contribution is 0.125. The van der Waals surface area contributed by atoms with Gasteiger partial charge in [0.15, 0.2) is 0 Å². The number of aryl methyl sites for hydroxylation is 1. The lowest BCUT2D eigenvalue weighted by Gasteiger charge is -2.24. The maximum Gasteiger partial charge on any atom is 0.0803 e. The number of aliphatic hydroxyl groups excluding tert-OH is 1. The summed E-state index contributed by atoms with van der Waals surface area (Å²) in [6.07, 6.45) is 6.49. The summed E-state index contributed by atoms with van der Waals surface area (Å²) >= 11 is 1.71. The minimum Gasteiger partial charge on any atom is -0.388 e. The Balaban J connectivity index is 1.65. The van der Waals surface area contributed by atoms with Gasteiger partial charge in [0.25, 0.3) is 0 Å². The van der Waals surface area contributed by atoms with Crippen molar-refractivity contribution in [1.29, 1.82) is 0 Å². The molecule has 1 aromatic rings. The summed E-state index contributed by atoms with van der Waals surface area (Å²) in [6, 6.07) is 0. The van der Waals surface area contributed by atoms with E-state index >= 15 is 0 Å². The smallest absolute Gasteiger partial charge is 0.0803 e. The van der Waals surface area contributed by atoms with Crippen molar-refractivity contribution in [3.8, 4) is 0 Å². The van der Waals surface area contributed by atoms with Crippen molar-refractivity contribution in [2.24, 2.45) is 17.8 Å². The second-order valence-electron chi connectivity index (χ2n) is 5.70. The van der Waals surface area contributed by atoms with Crippen molar-refractivity contribution in [2.75, 3.05) is 0 Å². The number of thiophene rings is 1. The molecular formula is C14H20OS. The highest BCUT2D eigenvalue weighted by Crippen LogP contribution is 2.51. The zero-order valence-corrected chi connectivity index (χ0v) is 10.7. The predicted octanol–water partition coefficient (Wildman–Crippen LogP) is 3.92. The molecule has 2 saturated carbocycles. The van der Waals surface area contributed by atoms with Crippen LogP contribution in [0.15, 0.2) is 10.8 Å². The Labute approximate surface area is 102 Å². The average molecular weight is 236 g/mol. The number of fused-ring (bicyclic) bond motifs is 2. The summed E-state index contributed by atoms with van der Waals surface area (Å²) in [7, 11) is 0. The highest BCUT2D eigenvalue weighted by molar-refractivity contribution is 7.08. The fourth-order valence-electron chi connectivity index (χ4n) is 3.79. The average Bonchev–Trinajstić information content (AvgIpc) is 2.92. The van der Waals surface area contributed by atoms with Gasteiger partial charge in [-0.15, -0.1) is 0 Å². The van der Waals surface area contributed by atoms with Crippen LogP contribution in [0.25, 0.3) is 0 Å². The number of hydrogen-bond acceptors (Lipinski definition) is 2. The third kappa shape index (κ3) is 1.82. The van der Waals surface area contributed by atoms with Gasteiger partial charge in [0.05, 0.1) is 6.10 Å². The SMILES string of the molecule is Cc1cscc1C(O)CC1CC2CCC1C2. The van der Waals surface area contributed by atoms with Gasteiger partial charge in [-0.1, -0.05) is 6.42 Å². The predicted molar refractivity (Wildman–Crippen MR) is 67.6 cm³/mol. The Morgan fingerprint density at radius 1 is 1.38 bits per heavy atom. The molecule has 2 aliphatic rings. The molecule has 0 aromatic carbocycles. The fraction of sp³-hybridized carbons (Fsp3) is 0.714. The van der Waals surface area contributed by atoms with E-state index in [-0.39, 0.29) is 6.10 Å². The van der Waals surface area contributed by atoms with Gasteiger partial charge in [-0.25, -0.2) is 0 Å². The molecule has 0 spiro atoms. The van der Waals surface area contributed by atoms with Crippen molar-refractivity contribution in [1.82, 2.24) is 0 Å². The van der Waals surface area contributed by atoms with Crippen molar-refractivity contribution in [3.05, 3.63) is 21.9 Å². The molecule has 4 unspecified atom stereocenters. The van der Waals surface area contributed by atoms with Crippen LogP contribution in [0.4, 0.5) is 0 Å². The van der Waals surface area contributed by atoms with Crippen LogP contribution in [-0.4, -0.2) is 5.11 Å². The molecule has 0 radical (unpaired) electrons. The molecule has 4 atom stereocenters. The highest BCUT2D eigenvalue weighted by atomic mass is 32.1. The van der Waals surface area contributed by atoms with Crippen molar-refractivity contribution in [3.63, 3.8) is 0 Å². The van der Waals surface area contributed by atoms with E-state index in [1.807, 2.05) is 0 Å². The Morgan fingerprint density at radius 3 is 2.81 bits per heavy atom. The van der Waals surface area contributed by atoms with Gasteiger partial charge in [0.1, 0.15) is 0 Å². The molecule has 2 aliphatic carbocycles. The topological polar surface area (TPSA) is 20.2 Å². The monoisotopic (exact) mass is 236 g/mol. The standard InChI is InChI=1S/C14H20OS/c1-9-7-16-8-13(9)14(15)6-12-5-10-2-3-11(12)4-10/h7-8,10-12,14-15H,2-6H2,1H3. The lowest BCUT2D eigenvalue weighted by Crippen LogP contribution is -2.14. The molecule has 88 valence electrons. The highest BCUT2D eigenvalue weighted by Gasteiger charge is 2.40. The third-order valence-electron chi connectivity index (χ3n) is 4.66. The van der Waals surface area contributed by atoms with Crippen molar-refractivity contribution >= 4 is 11.3 Å². The van der Waals surface area contributed by atoms with Crippen molar-refractivity contribution in [2.45, 2.75) is 45.1 Å². The zero-order valence-electron chi connectivity index (χ0n) is 9.86. The van der Waals surface area contributed by atoms with Gasteiger partial charge in [-0.3, -0.25) is 0 Å². The van der Waals surface area contributed by atoms with Crippen LogP contribution >= 0.6 is 11.3 Å². The molecule has 1 N–H and O–H groups in total. The lowest BCUT2D eigenvalue weighted by atomic mass is 9.83. The third-order valence-corrected chi connectivity index (χ3v) is 5.54. The summed E-state index contributed by atoms with van der Waals surface area (Å²) in [5.74, 6) is 2.72. The summed E-state index contributed by atoms with van der Waals surface area (Å²) in [5, 5.41) is 14.5. The molecule has 1 aromatic heterocycles. The first-order valence-electron chi connectivity index (χ1n) is 6.44. The molecule has 0 saturated heterocycles. The first kappa shape index (κ1) is 10.8. The Kier molecular flexibility index (Phi) is 2.80. The van der Waals surface area contributed by atoms with Crippen LogP contribution < -0.4 is 0 Å². The summed E-state index contributed by atoms with van der Waals surface area (Å²) < 4.78 is 0. The maximum absolute atomic E-state index is 10.3. The molecular weight excluding hydrogens is 216 g/mol. The van der Waals surface area contributed by atoms with E-state index in [9.17, 15) is 5.11 Å². The molecule has 0 aliphatic heterocycles. The molecule has 2 fully saturated rings. The van der Waals surface area contributed by atoms with E-state index in [4.69, 9.17) is 0 Å². The largest absolute Gasteiger partial charge is 0.388 e. The first-order chi connectivity index (χ1) is 7.74. The minimum atomic E-state index is -0.212. The maximum atomic E-state index is 10.3. The molecule has 2 bridgehead atoms. The van der Waals surface area contributed by atoms with Crippen LogP contribution in [0.2, 0.25) is 0 Å². The van der Waals surface area contributed by atoms with E-state index in [2.05, 4.69) is 17.7 Å². The molecule has 1 nitrogen and oxygen atoms in total. The number of hydrogen-bond donors (Lipinski definition) is 1. The minimum absolute atomic E-state index is 0.212. The van der Waals surface area contributed by atoms with E-state index in [0.717, 1.165) is 24.2 Å².